The summed E-state index contributed by atoms with van der Waals surface area (Å²) in [4.78, 5) is 17.0. The third-order valence-electron chi connectivity index (χ3n) is 3.76. The third-order valence-corrected chi connectivity index (χ3v) is 4.70. The number of aromatic nitrogens is 1. The Labute approximate surface area is 137 Å². The van der Waals surface area contributed by atoms with E-state index in [0.29, 0.717) is 10.7 Å². The van der Waals surface area contributed by atoms with Crippen molar-refractivity contribution in [1.82, 2.24) is 4.98 Å². The highest BCUT2D eigenvalue weighted by Gasteiger charge is 2.18. The van der Waals surface area contributed by atoms with Gasteiger partial charge in [0.2, 0.25) is 0 Å². The standard InChI is InChI=1S/C18H14N2O2S/c1-11-5-4-8-15-16(11)19-18(23-15)20-17(21)13-9-12-6-2-3-7-14(12)22-10-13/h2-9H,10H2,1H3,(H,19,20,21). The first-order valence-electron chi connectivity index (χ1n) is 7.30. The smallest absolute Gasteiger partial charge is 0.256 e. The lowest BCUT2D eigenvalue weighted by molar-refractivity contribution is -0.113. The lowest BCUT2D eigenvalue weighted by Gasteiger charge is -2.16. The maximum atomic E-state index is 12.4. The van der Waals surface area contributed by atoms with Crippen molar-refractivity contribution < 1.29 is 9.53 Å². The molecule has 0 radical (unpaired) electrons. The molecule has 0 atom stereocenters. The molecular weight excluding hydrogens is 308 g/mol. The second-order valence-electron chi connectivity index (χ2n) is 5.39. The Morgan fingerprint density at radius 1 is 1.22 bits per heavy atom. The zero-order valence-corrected chi connectivity index (χ0v) is 13.3. The van der Waals surface area contributed by atoms with Crippen LogP contribution in [0.2, 0.25) is 0 Å². The normalized spacial score (nSPS) is 13.2. The molecule has 1 N–H and O–H groups in total. The van der Waals surface area contributed by atoms with E-state index in [1.54, 1.807) is 0 Å². The Morgan fingerprint density at radius 3 is 2.96 bits per heavy atom. The van der Waals surface area contributed by atoms with Crippen molar-refractivity contribution in [1.29, 1.82) is 0 Å². The summed E-state index contributed by atoms with van der Waals surface area (Å²) in [6.45, 7) is 2.29. The van der Waals surface area contributed by atoms with Crippen molar-refractivity contribution in [3.05, 3.63) is 59.2 Å². The van der Waals surface area contributed by atoms with E-state index in [9.17, 15) is 4.79 Å². The summed E-state index contributed by atoms with van der Waals surface area (Å²) in [6.07, 6.45) is 1.87. The van der Waals surface area contributed by atoms with Gasteiger partial charge in [0.05, 0.1) is 15.8 Å². The SMILES string of the molecule is Cc1cccc2sc(NC(=O)C3=Cc4ccccc4OC3)nc12. The van der Waals surface area contributed by atoms with Crippen LogP contribution in [0.3, 0.4) is 0 Å². The van der Waals surface area contributed by atoms with Gasteiger partial charge < -0.3 is 4.74 Å². The second kappa shape index (κ2) is 5.52. The maximum Gasteiger partial charge on any atom is 0.256 e. The number of nitrogens with zero attached hydrogens (tertiary/aromatic N) is 1. The Hall–Kier alpha value is -2.66. The van der Waals surface area contributed by atoms with Crippen molar-refractivity contribution >= 4 is 38.7 Å². The molecule has 0 aliphatic carbocycles. The lowest BCUT2D eigenvalue weighted by Crippen LogP contribution is -2.21. The molecule has 114 valence electrons. The van der Waals surface area contributed by atoms with Crippen LogP contribution < -0.4 is 10.1 Å². The molecule has 0 unspecified atom stereocenters. The monoisotopic (exact) mass is 322 g/mol. The fraction of sp³-hybridized carbons (Fsp3) is 0.111. The quantitative estimate of drug-likeness (QED) is 0.775. The molecule has 2 aromatic carbocycles. The zero-order chi connectivity index (χ0) is 15.8. The van der Waals surface area contributed by atoms with E-state index < -0.39 is 0 Å². The number of carbonyl (C=O) groups excluding carboxylic acids is 1. The Balaban J connectivity index is 1.60. The van der Waals surface area contributed by atoms with E-state index in [0.717, 1.165) is 27.1 Å². The number of para-hydroxylation sites is 2. The van der Waals surface area contributed by atoms with Gasteiger partial charge in [0.15, 0.2) is 5.13 Å². The third kappa shape index (κ3) is 2.59. The van der Waals surface area contributed by atoms with Crippen LogP contribution in [0.15, 0.2) is 48.0 Å². The molecule has 2 heterocycles. The van der Waals surface area contributed by atoms with Crippen molar-refractivity contribution in [3.63, 3.8) is 0 Å². The second-order valence-corrected chi connectivity index (χ2v) is 6.42. The number of benzene rings is 2. The molecule has 1 amide bonds. The molecule has 0 saturated carbocycles. The minimum Gasteiger partial charge on any atom is -0.488 e. The predicted molar refractivity (Wildman–Crippen MR) is 92.9 cm³/mol. The van der Waals surface area contributed by atoms with Gasteiger partial charge in [-0.3, -0.25) is 10.1 Å². The number of fused-ring (bicyclic) bond motifs is 2. The molecule has 4 nitrogen and oxygen atoms in total. The maximum absolute atomic E-state index is 12.4. The number of ether oxygens (including phenoxy) is 1. The molecule has 0 saturated heterocycles. The Kier molecular flexibility index (Phi) is 3.35. The van der Waals surface area contributed by atoms with Crippen LogP contribution in [-0.4, -0.2) is 17.5 Å². The number of anilines is 1. The average molecular weight is 322 g/mol. The molecule has 3 aromatic rings. The van der Waals surface area contributed by atoms with Gasteiger partial charge in [0.25, 0.3) is 5.91 Å². The molecule has 1 aromatic heterocycles. The Morgan fingerprint density at radius 2 is 2.09 bits per heavy atom. The van der Waals surface area contributed by atoms with E-state index in [4.69, 9.17) is 4.74 Å². The number of thiazole rings is 1. The zero-order valence-electron chi connectivity index (χ0n) is 12.5. The molecule has 23 heavy (non-hydrogen) atoms. The Bertz CT molecular complexity index is 943. The molecular formula is C18H14N2O2S. The number of hydrogen-bond donors (Lipinski definition) is 1. The van der Waals surface area contributed by atoms with Gasteiger partial charge >= 0.3 is 0 Å². The summed E-state index contributed by atoms with van der Waals surface area (Å²) in [5.41, 5.74) is 3.56. The van der Waals surface area contributed by atoms with E-state index in [2.05, 4.69) is 10.3 Å². The van der Waals surface area contributed by atoms with Gasteiger partial charge in [0, 0.05) is 5.56 Å². The van der Waals surface area contributed by atoms with E-state index >= 15 is 0 Å². The summed E-state index contributed by atoms with van der Waals surface area (Å²) >= 11 is 1.48. The number of nitrogens with one attached hydrogen (secondary N) is 1. The molecule has 1 aliphatic heterocycles. The van der Waals surface area contributed by atoms with Crippen LogP contribution in [0.25, 0.3) is 16.3 Å². The van der Waals surface area contributed by atoms with Crippen molar-refractivity contribution in [3.8, 4) is 5.75 Å². The summed E-state index contributed by atoms with van der Waals surface area (Å²) in [6, 6.07) is 13.7. The van der Waals surface area contributed by atoms with Crippen LogP contribution in [-0.2, 0) is 4.79 Å². The molecule has 1 aliphatic rings. The number of carbonyl (C=O) groups is 1. The van der Waals surface area contributed by atoms with Gasteiger partial charge in [-0.25, -0.2) is 4.98 Å². The fourth-order valence-corrected chi connectivity index (χ4v) is 3.50. The van der Waals surface area contributed by atoms with Crippen molar-refractivity contribution in [2.24, 2.45) is 0 Å². The van der Waals surface area contributed by atoms with E-state index in [1.165, 1.54) is 11.3 Å². The van der Waals surface area contributed by atoms with E-state index in [-0.39, 0.29) is 12.5 Å². The van der Waals surface area contributed by atoms with Crippen molar-refractivity contribution in [2.45, 2.75) is 6.92 Å². The first-order chi connectivity index (χ1) is 11.2. The predicted octanol–water partition coefficient (Wildman–Crippen LogP) is 4.02. The van der Waals surface area contributed by atoms with Crippen LogP contribution >= 0.6 is 11.3 Å². The van der Waals surface area contributed by atoms with Gasteiger partial charge in [0.1, 0.15) is 12.4 Å². The van der Waals surface area contributed by atoms with Crippen LogP contribution in [0.5, 0.6) is 5.75 Å². The molecule has 5 heteroatoms. The molecule has 0 spiro atoms. The highest BCUT2D eigenvalue weighted by molar-refractivity contribution is 7.22. The lowest BCUT2D eigenvalue weighted by atomic mass is 10.1. The highest BCUT2D eigenvalue weighted by Crippen LogP contribution is 2.29. The minimum absolute atomic E-state index is 0.170. The largest absolute Gasteiger partial charge is 0.488 e. The van der Waals surface area contributed by atoms with Crippen LogP contribution in [0, 0.1) is 6.92 Å². The van der Waals surface area contributed by atoms with Crippen LogP contribution in [0.1, 0.15) is 11.1 Å². The average Bonchev–Trinajstić information content (AvgIpc) is 2.98. The number of hydrogen-bond acceptors (Lipinski definition) is 4. The van der Waals surface area contributed by atoms with E-state index in [1.807, 2.05) is 55.5 Å². The van der Waals surface area contributed by atoms with Crippen molar-refractivity contribution in [2.75, 3.05) is 11.9 Å². The number of rotatable bonds is 2. The number of amides is 1. The first kappa shape index (κ1) is 14.0. The molecule has 0 fully saturated rings. The van der Waals surface area contributed by atoms with Gasteiger partial charge in [-0.1, -0.05) is 41.7 Å². The molecule has 4 rings (SSSR count). The number of aryl methyl sites for hydroxylation is 1. The van der Waals surface area contributed by atoms with Crippen LogP contribution in [0.4, 0.5) is 5.13 Å². The minimum atomic E-state index is -0.170. The highest BCUT2D eigenvalue weighted by atomic mass is 32.1. The first-order valence-corrected chi connectivity index (χ1v) is 8.12. The summed E-state index contributed by atoms with van der Waals surface area (Å²) < 4.78 is 6.70. The summed E-state index contributed by atoms with van der Waals surface area (Å²) in [5, 5.41) is 3.49. The van der Waals surface area contributed by atoms with Gasteiger partial charge in [-0.05, 0) is 30.7 Å². The van der Waals surface area contributed by atoms with Gasteiger partial charge in [-0.15, -0.1) is 0 Å². The topological polar surface area (TPSA) is 51.2 Å². The fourth-order valence-electron chi connectivity index (χ4n) is 2.56. The van der Waals surface area contributed by atoms with Gasteiger partial charge in [-0.2, -0.15) is 0 Å². The summed E-state index contributed by atoms with van der Waals surface area (Å²) in [5.74, 6) is 0.635. The summed E-state index contributed by atoms with van der Waals surface area (Å²) in [7, 11) is 0. The molecule has 0 bridgehead atoms.